The molecule has 34 heavy (non-hydrogen) atoms. The summed E-state index contributed by atoms with van der Waals surface area (Å²) in [5.74, 6) is -1.38. The Morgan fingerprint density at radius 3 is 2.62 bits per heavy atom. The molecule has 3 heterocycles. The highest BCUT2D eigenvalue weighted by molar-refractivity contribution is 7.08. The molecule has 1 fully saturated rings. The van der Waals surface area contributed by atoms with Gasteiger partial charge in [-0.1, -0.05) is 6.07 Å². The van der Waals surface area contributed by atoms with E-state index in [1.165, 1.54) is 0 Å². The molecule has 0 radical (unpaired) electrons. The predicted molar refractivity (Wildman–Crippen MR) is 128 cm³/mol. The van der Waals surface area contributed by atoms with Gasteiger partial charge in [-0.2, -0.15) is 24.5 Å². The number of hydrogen-bond donors (Lipinski definition) is 1. The van der Waals surface area contributed by atoms with Gasteiger partial charge in [0.1, 0.15) is 0 Å². The topological polar surface area (TPSA) is 45.2 Å². The number of rotatable bonds is 4. The monoisotopic (exact) mass is 485 g/mol. The second-order valence-electron chi connectivity index (χ2n) is 9.17. The van der Waals surface area contributed by atoms with Gasteiger partial charge >= 0.3 is 6.18 Å². The van der Waals surface area contributed by atoms with Gasteiger partial charge in [-0.3, -0.25) is 9.78 Å². The zero-order valence-corrected chi connectivity index (χ0v) is 19.6. The van der Waals surface area contributed by atoms with E-state index in [4.69, 9.17) is 0 Å². The molecular formula is C26H26F3N3OS. The first-order valence-electron chi connectivity index (χ1n) is 11.6. The molecule has 0 unspecified atom stereocenters. The van der Waals surface area contributed by atoms with E-state index in [0.717, 1.165) is 28.1 Å². The van der Waals surface area contributed by atoms with Crippen molar-refractivity contribution in [2.45, 2.75) is 57.4 Å². The lowest BCUT2D eigenvalue weighted by molar-refractivity contribution is -0.182. The summed E-state index contributed by atoms with van der Waals surface area (Å²) < 4.78 is 39.5. The Balaban J connectivity index is 1.39. The van der Waals surface area contributed by atoms with Crippen LogP contribution in [-0.4, -0.2) is 23.1 Å². The molecule has 1 aromatic carbocycles. The normalized spacial score (nSPS) is 20.9. The quantitative estimate of drug-likeness (QED) is 0.445. The van der Waals surface area contributed by atoms with Gasteiger partial charge in [0, 0.05) is 35.6 Å². The molecule has 2 aromatic heterocycles. The first kappa shape index (κ1) is 22.9. The maximum atomic E-state index is 13.2. The number of nitrogens with one attached hydrogen (secondary N) is 1. The highest BCUT2D eigenvalue weighted by Gasteiger charge is 2.43. The van der Waals surface area contributed by atoms with Gasteiger partial charge in [-0.05, 0) is 84.8 Å². The summed E-state index contributed by atoms with van der Waals surface area (Å²) in [7, 11) is 0. The molecule has 1 atom stereocenters. The lowest BCUT2D eigenvalue weighted by Crippen LogP contribution is -2.41. The number of carbonyl (C=O) groups is 1. The number of alkyl halides is 3. The third-order valence-corrected chi connectivity index (χ3v) is 7.81. The van der Waals surface area contributed by atoms with E-state index in [1.807, 2.05) is 43.3 Å². The highest BCUT2D eigenvalue weighted by atomic mass is 32.1. The molecule has 8 heteroatoms. The van der Waals surface area contributed by atoms with Crippen molar-refractivity contribution >= 4 is 22.9 Å². The number of halogens is 3. The minimum absolute atomic E-state index is 0.0641. The van der Waals surface area contributed by atoms with Crippen molar-refractivity contribution in [1.29, 1.82) is 0 Å². The van der Waals surface area contributed by atoms with Crippen LogP contribution in [0.2, 0.25) is 0 Å². The van der Waals surface area contributed by atoms with Crippen LogP contribution in [0.15, 0.2) is 53.4 Å². The molecule has 2 aliphatic rings. The maximum Gasteiger partial charge on any atom is 0.391 e. The lowest BCUT2D eigenvalue weighted by atomic mass is 9.83. The van der Waals surface area contributed by atoms with Crippen LogP contribution >= 0.6 is 11.3 Å². The summed E-state index contributed by atoms with van der Waals surface area (Å²) in [6, 6.07) is 11.1. The minimum Gasteiger partial charge on any atom is -0.364 e. The van der Waals surface area contributed by atoms with Gasteiger partial charge in [-0.15, -0.1) is 0 Å². The van der Waals surface area contributed by atoms with Crippen LogP contribution < -0.4 is 10.2 Å². The van der Waals surface area contributed by atoms with Gasteiger partial charge in [0.2, 0.25) is 0 Å². The number of anilines is 1. The number of pyridine rings is 1. The molecule has 0 saturated heterocycles. The van der Waals surface area contributed by atoms with E-state index in [0.29, 0.717) is 24.9 Å². The average molecular weight is 486 g/mol. The smallest absolute Gasteiger partial charge is 0.364 e. The summed E-state index contributed by atoms with van der Waals surface area (Å²) in [5.41, 5.74) is 5.58. The number of fused-ring (bicyclic) bond motifs is 3. The van der Waals surface area contributed by atoms with E-state index >= 15 is 0 Å². The van der Waals surface area contributed by atoms with E-state index in [2.05, 4.69) is 26.0 Å². The molecule has 178 valence electrons. The SMILES string of the molecule is C[C@H](NC(=O)c1ccc2c(c1)-c1cscc1CN2C1CCC(C(F)(F)F)CC1)c1ccccn1. The molecule has 4 nitrogen and oxygen atoms in total. The zero-order valence-electron chi connectivity index (χ0n) is 18.8. The Morgan fingerprint density at radius 1 is 1.12 bits per heavy atom. The third-order valence-electron chi connectivity index (χ3n) is 7.02. The molecule has 1 aliphatic heterocycles. The van der Waals surface area contributed by atoms with Crippen molar-refractivity contribution in [2.75, 3.05) is 4.90 Å². The summed E-state index contributed by atoms with van der Waals surface area (Å²) >= 11 is 1.61. The Kier molecular flexibility index (Phi) is 6.10. The molecule has 5 rings (SSSR count). The number of amides is 1. The fourth-order valence-electron chi connectivity index (χ4n) is 5.12. The van der Waals surface area contributed by atoms with Crippen LogP contribution in [0.4, 0.5) is 18.9 Å². The predicted octanol–water partition coefficient (Wildman–Crippen LogP) is 6.74. The summed E-state index contributed by atoms with van der Waals surface area (Å²) in [5, 5.41) is 7.20. The Morgan fingerprint density at radius 2 is 1.91 bits per heavy atom. The molecule has 3 aromatic rings. The third kappa shape index (κ3) is 4.43. The van der Waals surface area contributed by atoms with Gasteiger partial charge < -0.3 is 10.2 Å². The van der Waals surface area contributed by atoms with Crippen molar-refractivity contribution in [3.63, 3.8) is 0 Å². The van der Waals surface area contributed by atoms with Gasteiger partial charge in [0.15, 0.2) is 0 Å². The Bertz CT molecular complexity index is 1170. The number of carbonyl (C=O) groups excluding carboxylic acids is 1. The number of nitrogens with zero attached hydrogens (tertiary/aromatic N) is 2. The first-order chi connectivity index (χ1) is 16.3. The fraction of sp³-hybridized carbons (Fsp3) is 0.385. The first-order valence-corrected chi connectivity index (χ1v) is 12.5. The lowest BCUT2D eigenvalue weighted by Gasteiger charge is -2.41. The van der Waals surface area contributed by atoms with E-state index in [-0.39, 0.29) is 30.8 Å². The van der Waals surface area contributed by atoms with Gasteiger partial charge in [0.05, 0.1) is 17.7 Å². The van der Waals surface area contributed by atoms with E-state index in [1.54, 1.807) is 17.5 Å². The van der Waals surface area contributed by atoms with Crippen molar-refractivity contribution in [2.24, 2.45) is 5.92 Å². The number of thiophene rings is 1. The largest absolute Gasteiger partial charge is 0.391 e. The molecule has 1 aliphatic carbocycles. The van der Waals surface area contributed by atoms with Crippen LogP contribution in [0.25, 0.3) is 11.1 Å². The number of benzene rings is 1. The van der Waals surface area contributed by atoms with Crippen molar-refractivity contribution in [1.82, 2.24) is 10.3 Å². The molecular weight excluding hydrogens is 459 g/mol. The molecule has 0 bridgehead atoms. The molecule has 1 N–H and O–H groups in total. The minimum atomic E-state index is -4.11. The number of hydrogen-bond acceptors (Lipinski definition) is 4. The Hall–Kier alpha value is -2.87. The second kappa shape index (κ2) is 9.06. The summed E-state index contributed by atoms with van der Waals surface area (Å²) in [6.45, 7) is 2.59. The molecule has 0 spiro atoms. The van der Waals surface area contributed by atoms with E-state index in [9.17, 15) is 18.0 Å². The maximum absolute atomic E-state index is 13.2. The van der Waals surface area contributed by atoms with E-state index < -0.39 is 12.1 Å². The van der Waals surface area contributed by atoms with Crippen molar-refractivity contribution in [3.05, 3.63) is 70.2 Å². The number of aromatic nitrogens is 1. The van der Waals surface area contributed by atoms with Crippen LogP contribution in [-0.2, 0) is 6.54 Å². The van der Waals surface area contributed by atoms with Crippen LogP contribution in [0.5, 0.6) is 0 Å². The van der Waals surface area contributed by atoms with Crippen molar-refractivity contribution in [3.8, 4) is 11.1 Å². The van der Waals surface area contributed by atoms with Crippen LogP contribution in [0.3, 0.4) is 0 Å². The average Bonchev–Trinajstić information content (AvgIpc) is 3.32. The standard InChI is InChI=1S/C26H26F3N3OS/c1-16(23-4-2-3-11-30-23)31-25(33)17-5-10-24-21(12-17)22-15-34-14-18(22)13-32(24)20-8-6-19(7-9-20)26(27,28)29/h2-5,10-12,14-16,19-20H,6-9,13H2,1H3,(H,31,33)/t16-,19?,20?/m0/s1. The zero-order chi connectivity index (χ0) is 23.9. The highest BCUT2D eigenvalue weighted by Crippen LogP contribution is 2.46. The van der Waals surface area contributed by atoms with Gasteiger partial charge in [0.25, 0.3) is 5.91 Å². The van der Waals surface area contributed by atoms with Crippen molar-refractivity contribution < 1.29 is 18.0 Å². The fourth-order valence-corrected chi connectivity index (χ4v) is 5.97. The second-order valence-corrected chi connectivity index (χ2v) is 9.91. The van der Waals surface area contributed by atoms with Crippen LogP contribution in [0, 0.1) is 5.92 Å². The molecule has 1 saturated carbocycles. The summed E-state index contributed by atoms with van der Waals surface area (Å²) in [4.78, 5) is 19.6. The van der Waals surface area contributed by atoms with Crippen LogP contribution in [0.1, 0.15) is 60.3 Å². The Labute approximate surface area is 200 Å². The summed E-state index contributed by atoms with van der Waals surface area (Å²) in [6.07, 6.45) is -1.03. The molecule has 1 amide bonds. The van der Waals surface area contributed by atoms with Gasteiger partial charge in [-0.25, -0.2) is 0 Å².